The minimum Gasteiger partial charge on any atom is -0.322 e. The molecule has 1 unspecified atom stereocenters. The van der Waals surface area contributed by atoms with Crippen LogP contribution < -0.4 is 5.73 Å². The molecule has 16 heavy (non-hydrogen) atoms. The van der Waals surface area contributed by atoms with Gasteiger partial charge in [0.25, 0.3) is 0 Å². The average molecular weight is 327 g/mol. The number of nitrogens with zero attached hydrogens (tertiary/aromatic N) is 2. The summed E-state index contributed by atoms with van der Waals surface area (Å²) < 4.78 is 3.08. The number of aromatic nitrogens is 2. The molecule has 0 saturated heterocycles. The van der Waals surface area contributed by atoms with Crippen LogP contribution in [-0.4, -0.2) is 9.78 Å². The molecule has 2 N–H and O–H groups in total. The molecule has 0 spiro atoms. The largest absolute Gasteiger partial charge is 0.322 e. The molecule has 1 aromatic carbocycles. The molecule has 0 bridgehead atoms. The number of aryl methyl sites for hydroxylation is 1. The molecule has 0 aliphatic heterocycles. The standard InChI is InChI=1S/C12H14IN3/c1-16-12(6-7-15-16)11(14)8-9-2-4-10(13)5-3-9/h2-7,11H,8,14H2,1H3. The van der Waals surface area contributed by atoms with Gasteiger partial charge in [0.15, 0.2) is 0 Å². The Morgan fingerprint density at radius 1 is 1.31 bits per heavy atom. The van der Waals surface area contributed by atoms with E-state index in [1.54, 1.807) is 6.20 Å². The van der Waals surface area contributed by atoms with Crippen LogP contribution in [0.5, 0.6) is 0 Å². The van der Waals surface area contributed by atoms with Crippen molar-refractivity contribution in [1.82, 2.24) is 9.78 Å². The summed E-state index contributed by atoms with van der Waals surface area (Å²) in [7, 11) is 1.92. The van der Waals surface area contributed by atoms with Crippen molar-refractivity contribution in [2.45, 2.75) is 12.5 Å². The topological polar surface area (TPSA) is 43.8 Å². The van der Waals surface area contributed by atoms with Crippen LogP contribution >= 0.6 is 22.6 Å². The smallest absolute Gasteiger partial charge is 0.0551 e. The van der Waals surface area contributed by atoms with Crippen LogP contribution in [0.3, 0.4) is 0 Å². The van der Waals surface area contributed by atoms with Gasteiger partial charge >= 0.3 is 0 Å². The minimum atomic E-state index is 0.00700. The Bertz CT molecular complexity index is 461. The minimum absolute atomic E-state index is 0.00700. The predicted molar refractivity (Wildman–Crippen MR) is 73.0 cm³/mol. The number of rotatable bonds is 3. The molecule has 0 aliphatic rings. The molecule has 1 atom stereocenters. The van der Waals surface area contributed by atoms with Gasteiger partial charge in [-0.25, -0.2) is 0 Å². The Morgan fingerprint density at radius 2 is 2.00 bits per heavy atom. The number of nitrogens with two attached hydrogens (primary N) is 1. The molecule has 0 aliphatic carbocycles. The quantitative estimate of drug-likeness (QED) is 0.879. The highest BCUT2D eigenvalue weighted by Gasteiger charge is 2.10. The first-order valence-electron chi connectivity index (χ1n) is 5.15. The van der Waals surface area contributed by atoms with E-state index in [-0.39, 0.29) is 6.04 Å². The normalized spacial score (nSPS) is 12.7. The third-order valence-electron chi connectivity index (χ3n) is 2.61. The molecular formula is C12H14IN3. The van der Waals surface area contributed by atoms with E-state index in [0.717, 1.165) is 12.1 Å². The van der Waals surface area contributed by atoms with Gasteiger partial charge in [0, 0.05) is 16.8 Å². The van der Waals surface area contributed by atoms with Gasteiger partial charge < -0.3 is 5.73 Å². The van der Waals surface area contributed by atoms with Crippen molar-refractivity contribution in [3.8, 4) is 0 Å². The van der Waals surface area contributed by atoms with Crippen molar-refractivity contribution in [2.24, 2.45) is 12.8 Å². The number of hydrogen-bond donors (Lipinski definition) is 1. The van der Waals surface area contributed by atoms with Gasteiger partial charge in [-0.1, -0.05) is 12.1 Å². The Labute approximate surface area is 109 Å². The Kier molecular flexibility index (Phi) is 3.60. The van der Waals surface area contributed by atoms with Gasteiger partial charge in [0.05, 0.1) is 11.7 Å². The van der Waals surface area contributed by atoms with Crippen LogP contribution in [0.4, 0.5) is 0 Å². The Balaban J connectivity index is 2.10. The summed E-state index contributed by atoms with van der Waals surface area (Å²) in [5.41, 5.74) is 8.47. The molecule has 4 heteroatoms. The van der Waals surface area contributed by atoms with Gasteiger partial charge in [0.1, 0.15) is 0 Å². The molecule has 0 radical (unpaired) electrons. The van der Waals surface area contributed by atoms with E-state index in [4.69, 9.17) is 5.73 Å². The Morgan fingerprint density at radius 3 is 2.56 bits per heavy atom. The molecule has 3 nitrogen and oxygen atoms in total. The summed E-state index contributed by atoms with van der Waals surface area (Å²) in [6, 6.07) is 10.4. The summed E-state index contributed by atoms with van der Waals surface area (Å²) in [6.45, 7) is 0. The van der Waals surface area contributed by atoms with Crippen LogP contribution in [0, 0.1) is 3.57 Å². The summed E-state index contributed by atoms with van der Waals surface area (Å²) in [5, 5.41) is 4.13. The van der Waals surface area contributed by atoms with Gasteiger partial charge in [-0.15, -0.1) is 0 Å². The third-order valence-corrected chi connectivity index (χ3v) is 3.33. The second-order valence-electron chi connectivity index (χ2n) is 3.82. The summed E-state index contributed by atoms with van der Waals surface area (Å²) in [4.78, 5) is 0. The lowest BCUT2D eigenvalue weighted by Gasteiger charge is -2.12. The van der Waals surface area contributed by atoms with Crippen molar-refractivity contribution in [2.75, 3.05) is 0 Å². The van der Waals surface area contributed by atoms with E-state index in [2.05, 4.69) is 52.0 Å². The second-order valence-corrected chi connectivity index (χ2v) is 5.06. The molecule has 2 rings (SSSR count). The van der Waals surface area contributed by atoms with Crippen LogP contribution in [0.2, 0.25) is 0 Å². The second kappa shape index (κ2) is 4.97. The molecule has 2 aromatic rings. The predicted octanol–water partition coefficient (Wildman–Crippen LogP) is 2.27. The number of benzene rings is 1. The van der Waals surface area contributed by atoms with Crippen LogP contribution in [0.15, 0.2) is 36.5 Å². The van der Waals surface area contributed by atoms with E-state index in [1.807, 2.05) is 17.8 Å². The van der Waals surface area contributed by atoms with Crippen LogP contribution in [0.25, 0.3) is 0 Å². The monoisotopic (exact) mass is 327 g/mol. The van der Waals surface area contributed by atoms with Crippen molar-refractivity contribution >= 4 is 22.6 Å². The van der Waals surface area contributed by atoms with Crippen molar-refractivity contribution < 1.29 is 0 Å². The maximum atomic E-state index is 6.15. The highest BCUT2D eigenvalue weighted by Crippen LogP contribution is 2.16. The van der Waals surface area contributed by atoms with Crippen molar-refractivity contribution in [1.29, 1.82) is 0 Å². The molecule has 1 heterocycles. The number of hydrogen-bond acceptors (Lipinski definition) is 2. The lowest BCUT2D eigenvalue weighted by atomic mass is 10.0. The highest BCUT2D eigenvalue weighted by molar-refractivity contribution is 14.1. The van der Waals surface area contributed by atoms with Gasteiger partial charge in [-0.3, -0.25) is 4.68 Å². The molecule has 84 valence electrons. The summed E-state index contributed by atoms with van der Waals surface area (Å²) in [5.74, 6) is 0. The van der Waals surface area contributed by atoms with E-state index in [9.17, 15) is 0 Å². The molecule has 0 saturated carbocycles. The summed E-state index contributed by atoms with van der Waals surface area (Å²) >= 11 is 2.30. The Hall–Kier alpha value is -0.880. The maximum Gasteiger partial charge on any atom is 0.0551 e. The van der Waals surface area contributed by atoms with E-state index in [1.165, 1.54) is 9.13 Å². The summed E-state index contributed by atoms with van der Waals surface area (Å²) in [6.07, 6.45) is 2.62. The van der Waals surface area contributed by atoms with E-state index >= 15 is 0 Å². The van der Waals surface area contributed by atoms with Crippen molar-refractivity contribution in [3.05, 3.63) is 51.4 Å². The first-order valence-corrected chi connectivity index (χ1v) is 6.22. The van der Waals surface area contributed by atoms with Crippen LogP contribution in [-0.2, 0) is 13.5 Å². The molecular weight excluding hydrogens is 313 g/mol. The fraction of sp³-hybridized carbons (Fsp3) is 0.250. The zero-order valence-corrected chi connectivity index (χ0v) is 11.3. The average Bonchev–Trinajstić information content (AvgIpc) is 2.68. The first-order chi connectivity index (χ1) is 7.66. The first kappa shape index (κ1) is 11.6. The molecule has 1 aromatic heterocycles. The lowest BCUT2D eigenvalue weighted by Crippen LogP contribution is -2.17. The van der Waals surface area contributed by atoms with E-state index < -0.39 is 0 Å². The lowest BCUT2D eigenvalue weighted by molar-refractivity contribution is 0.617. The number of halogens is 1. The third kappa shape index (κ3) is 2.62. The fourth-order valence-electron chi connectivity index (χ4n) is 1.73. The highest BCUT2D eigenvalue weighted by atomic mass is 127. The maximum absolute atomic E-state index is 6.15. The van der Waals surface area contributed by atoms with Gasteiger partial charge in [0.2, 0.25) is 0 Å². The van der Waals surface area contributed by atoms with Gasteiger partial charge in [-0.2, -0.15) is 5.10 Å². The van der Waals surface area contributed by atoms with Crippen molar-refractivity contribution in [3.63, 3.8) is 0 Å². The zero-order valence-electron chi connectivity index (χ0n) is 9.10. The SMILES string of the molecule is Cn1nccc1C(N)Cc1ccc(I)cc1. The molecule has 0 fully saturated rings. The molecule has 0 amide bonds. The fourth-order valence-corrected chi connectivity index (χ4v) is 2.09. The van der Waals surface area contributed by atoms with Crippen LogP contribution in [0.1, 0.15) is 17.3 Å². The zero-order chi connectivity index (χ0) is 11.5. The van der Waals surface area contributed by atoms with Gasteiger partial charge in [-0.05, 0) is 52.8 Å². The van der Waals surface area contributed by atoms with E-state index in [0.29, 0.717) is 0 Å².